The van der Waals surface area contributed by atoms with E-state index in [0.717, 1.165) is 16.6 Å². The minimum absolute atomic E-state index is 0.199. The molecule has 2 N–H and O–H groups in total. The van der Waals surface area contributed by atoms with Gasteiger partial charge in [0.1, 0.15) is 18.5 Å². The average molecular weight is 390 g/mol. The minimum atomic E-state index is -3.45. The molecule has 3 aromatic rings. The van der Waals surface area contributed by atoms with E-state index in [1.54, 1.807) is 30.3 Å². The lowest BCUT2D eigenvalue weighted by Crippen LogP contribution is -2.44. The summed E-state index contributed by atoms with van der Waals surface area (Å²) in [5.41, 5.74) is -1.39. The number of carbonyl (C=O) groups is 1. The maximum atomic E-state index is 12.8. The number of nitrogens with one attached hydrogen (secondary N) is 2. The lowest BCUT2D eigenvalue weighted by molar-refractivity contribution is 0.0163. The van der Waals surface area contributed by atoms with Gasteiger partial charge in [0.25, 0.3) is 0 Å². The molecule has 0 radical (unpaired) electrons. The van der Waals surface area contributed by atoms with Crippen molar-refractivity contribution in [2.24, 2.45) is 0 Å². The molecule has 5 heteroatoms. The average Bonchev–Trinajstić information content (AvgIpc) is 3.16. The predicted molar refractivity (Wildman–Crippen MR) is 112 cm³/mol. The second-order valence-electron chi connectivity index (χ2n) is 6.50. The molecular weight excluding hydrogens is 352 g/mol. The van der Waals surface area contributed by atoms with E-state index in [1.807, 2.05) is 19.1 Å². The quantitative estimate of drug-likeness (QED) is 0.585. The van der Waals surface area contributed by atoms with Gasteiger partial charge < -0.3 is 19.8 Å². The summed E-state index contributed by atoms with van der Waals surface area (Å²) in [6.07, 6.45) is -1.24. The third-order valence-corrected chi connectivity index (χ3v) is 4.06. The largest absolute Gasteiger partial charge is 0.489 e. The molecule has 1 unspecified atom stereocenters. The molecule has 1 heterocycles. The molecule has 0 aliphatic carbocycles. The zero-order valence-electron chi connectivity index (χ0n) is 24.4. The van der Waals surface area contributed by atoms with Crippen molar-refractivity contribution in [3.63, 3.8) is 0 Å². The Labute approximate surface area is 178 Å². The van der Waals surface area contributed by atoms with Crippen LogP contribution < -0.4 is 10.1 Å². The van der Waals surface area contributed by atoms with Crippen LogP contribution in [0.2, 0.25) is 0 Å². The van der Waals surface area contributed by atoms with Crippen molar-refractivity contribution >= 4 is 16.9 Å². The van der Waals surface area contributed by atoms with E-state index in [1.165, 1.54) is 12.1 Å². The highest BCUT2D eigenvalue weighted by molar-refractivity contribution is 5.89. The van der Waals surface area contributed by atoms with E-state index in [4.69, 9.17) is 21.8 Å². The highest BCUT2D eigenvalue weighted by Crippen LogP contribution is 2.26. The van der Waals surface area contributed by atoms with Crippen molar-refractivity contribution in [2.75, 3.05) is 13.2 Å². The summed E-state index contributed by atoms with van der Waals surface area (Å²) >= 11 is 0. The Hall–Kier alpha value is -2.79. The Bertz CT molecular complexity index is 1180. The number of hydrogen-bond donors (Lipinski definition) is 2. The number of aryl methyl sites for hydroxylation is 1. The molecule has 0 bridgehead atoms. The number of benzene rings is 2. The summed E-state index contributed by atoms with van der Waals surface area (Å²) in [6, 6.07) is 15.1. The normalized spacial score (nSPS) is 18.8. The van der Waals surface area contributed by atoms with Crippen LogP contribution in [0.15, 0.2) is 54.6 Å². The van der Waals surface area contributed by atoms with E-state index >= 15 is 0 Å². The van der Waals surface area contributed by atoms with Gasteiger partial charge in [-0.3, -0.25) is 0 Å². The van der Waals surface area contributed by atoms with Crippen molar-refractivity contribution in [1.29, 1.82) is 0 Å². The molecule has 0 aliphatic rings. The van der Waals surface area contributed by atoms with Gasteiger partial charge in [0.15, 0.2) is 0 Å². The van der Waals surface area contributed by atoms with E-state index in [-0.39, 0.29) is 12.2 Å². The van der Waals surface area contributed by atoms with Gasteiger partial charge in [0.2, 0.25) is 0 Å². The molecule has 28 heavy (non-hydrogen) atoms. The van der Waals surface area contributed by atoms with Gasteiger partial charge in [0, 0.05) is 41.0 Å². The summed E-state index contributed by atoms with van der Waals surface area (Å²) in [5, 5.41) is 2.99. The molecule has 0 saturated carbocycles. The Morgan fingerprint density at radius 2 is 1.96 bits per heavy atom. The SMILES string of the molecule is [2H]C([2H])([2H])C(NCC(COc1cccc2[nH]c(C)cc12)OC(=O)c1ccccc1)(C([2H])([2H])[2H])C([2H])([2H])[2H]. The Morgan fingerprint density at radius 1 is 1.18 bits per heavy atom. The third kappa shape index (κ3) is 5.36. The van der Waals surface area contributed by atoms with Crippen molar-refractivity contribution < 1.29 is 26.6 Å². The van der Waals surface area contributed by atoms with Gasteiger partial charge >= 0.3 is 5.97 Å². The minimum Gasteiger partial charge on any atom is -0.489 e. The maximum Gasteiger partial charge on any atom is 0.338 e. The number of fused-ring (bicyclic) bond motifs is 1. The predicted octanol–water partition coefficient (Wildman–Crippen LogP) is 4.47. The van der Waals surface area contributed by atoms with Gasteiger partial charge in [0.05, 0.1) is 5.56 Å². The van der Waals surface area contributed by atoms with E-state index in [9.17, 15) is 4.79 Å². The van der Waals surface area contributed by atoms with Gasteiger partial charge in [-0.1, -0.05) is 24.3 Å². The number of esters is 1. The lowest BCUT2D eigenvalue weighted by atomic mass is 10.1. The first-order valence-electron chi connectivity index (χ1n) is 13.3. The number of H-pyrrole nitrogens is 1. The molecule has 3 rings (SSSR count). The molecular formula is C23H28N2O3. The van der Waals surface area contributed by atoms with E-state index in [2.05, 4.69) is 10.3 Å². The number of ether oxygens (including phenoxy) is 2. The van der Waals surface area contributed by atoms with Crippen LogP contribution in [0.4, 0.5) is 0 Å². The van der Waals surface area contributed by atoms with Crippen LogP contribution in [0.5, 0.6) is 5.75 Å². The van der Waals surface area contributed by atoms with E-state index < -0.39 is 44.7 Å². The topological polar surface area (TPSA) is 63.4 Å². The summed E-state index contributed by atoms with van der Waals surface area (Å²) in [5.74, 6) is -0.328. The zero-order chi connectivity index (χ0) is 27.6. The van der Waals surface area contributed by atoms with Crippen molar-refractivity contribution in [2.45, 2.75) is 39.1 Å². The number of aromatic nitrogens is 1. The molecule has 1 aromatic heterocycles. The number of rotatable bonds is 7. The Morgan fingerprint density at radius 3 is 2.71 bits per heavy atom. The van der Waals surface area contributed by atoms with Gasteiger partial charge in [-0.25, -0.2) is 4.79 Å². The van der Waals surface area contributed by atoms with Crippen LogP contribution in [-0.4, -0.2) is 35.7 Å². The molecule has 1 atom stereocenters. The third-order valence-electron chi connectivity index (χ3n) is 4.06. The lowest BCUT2D eigenvalue weighted by Gasteiger charge is -2.25. The fourth-order valence-electron chi connectivity index (χ4n) is 2.77. The fourth-order valence-corrected chi connectivity index (χ4v) is 2.77. The summed E-state index contributed by atoms with van der Waals surface area (Å²) < 4.78 is 81.7. The molecule has 2 aromatic carbocycles. The molecule has 0 saturated heterocycles. The molecule has 5 nitrogen and oxygen atoms in total. The van der Waals surface area contributed by atoms with Gasteiger partial charge in [-0.2, -0.15) is 0 Å². The van der Waals surface area contributed by atoms with Gasteiger partial charge in [-0.15, -0.1) is 0 Å². The number of carbonyl (C=O) groups excluding carboxylic acids is 1. The summed E-state index contributed by atoms with van der Waals surface area (Å²) in [6.45, 7) is -9.41. The van der Waals surface area contributed by atoms with E-state index in [0.29, 0.717) is 5.75 Å². The van der Waals surface area contributed by atoms with Crippen LogP contribution in [0, 0.1) is 6.92 Å². The molecule has 0 aliphatic heterocycles. The highest BCUT2D eigenvalue weighted by atomic mass is 16.6. The first-order valence-corrected chi connectivity index (χ1v) is 8.79. The molecule has 0 spiro atoms. The Balaban J connectivity index is 1.91. The first kappa shape index (κ1) is 11.3. The van der Waals surface area contributed by atoms with Gasteiger partial charge in [-0.05, 0) is 57.8 Å². The first-order chi connectivity index (χ1) is 17.1. The van der Waals surface area contributed by atoms with Crippen LogP contribution in [-0.2, 0) is 4.74 Å². The molecule has 148 valence electrons. The van der Waals surface area contributed by atoms with Crippen LogP contribution in [0.3, 0.4) is 0 Å². The highest BCUT2D eigenvalue weighted by Gasteiger charge is 2.20. The Kier molecular flexibility index (Phi) is 3.41. The van der Waals surface area contributed by atoms with Crippen molar-refractivity contribution in [1.82, 2.24) is 10.3 Å². The van der Waals surface area contributed by atoms with Crippen molar-refractivity contribution in [3.8, 4) is 5.75 Å². The summed E-state index contributed by atoms with van der Waals surface area (Å²) in [7, 11) is 0. The van der Waals surface area contributed by atoms with Crippen molar-refractivity contribution in [3.05, 3.63) is 65.9 Å². The standard InChI is InChI=1S/C23H28N2O3/c1-16-13-19-20(25-16)11-8-12-21(19)27-15-18(14-24-23(2,3)4)28-22(26)17-9-6-5-7-10-17/h5-13,18,24-25H,14-15H2,1-4H3/i2D3,3D3,4D3. The smallest absolute Gasteiger partial charge is 0.338 e. The summed E-state index contributed by atoms with van der Waals surface area (Å²) in [4.78, 5) is 15.9. The monoisotopic (exact) mass is 389 g/mol. The number of aromatic amines is 1. The van der Waals surface area contributed by atoms with Crippen LogP contribution in [0.1, 0.15) is 48.9 Å². The zero-order valence-corrected chi connectivity index (χ0v) is 15.4. The second kappa shape index (κ2) is 8.48. The van der Waals surface area contributed by atoms with Crippen LogP contribution >= 0.6 is 0 Å². The molecule has 0 amide bonds. The van der Waals surface area contributed by atoms with Crippen LogP contribution in [0.25, 0.3) is 10.9 Å². The number of hydrogen-bond acceptors (Lipinski definition) is 4. The fraction of sp³-hybridized carbons (Fsp3) is 0.348. The molecule has 0 fully saturated rings. The second-order valence-corrected chi connectivity index (χ2v) is 6.50. The maximum absolute atomic E-state index is 12.8.